The molecule has 1 aliphatic heterocycles. The van der Waals surface area contributed by atoms with Crippen molar-refractivity contribution >= 4 is 28.3 Å². The zero-order valence-corrected chi connectivity index (χ0v) is 19.6. The van der Waals surface area contributed by atoms with Crippen LogP contribution in [0.4, 0.5) is 5.13 Å². The second-order valence-corrected chi connectivity index (χ2v) is 8.83. The Morgan fingerprint density at radius 3 is 2.55 bits per heavy atom. The summed E-state index contributed by atoms with van der Waals surface area (Å²) < 4.78 is 10.7. The summed E-state index contributed by atoms with van der Waals surface area (Å²) >= 11 is 1.25. The van der Waals surface area contributed by atoms with Crippen molar-refractivity contribution in [2.45, 2.75) is 39.7 Å². The molecule has 9 heteroatoms. The van der Waals surface area contributed by atoms with Crippen LogP contribution < -0.4 is 20.1 Å². The molecule has 0 unspecified atom stereocenters. The van der Waals surface area contributed by atoms with Crippen molar-refractivity contribution in [1.29, 1.82) is 0 Å². The molecule has 4 rings (SSSR count). The van der Waals surface area contributed by atoms with Crippen LogP contribution in [0.1, 0.15) is 43.1 Å². The van der Waals surface area contributed by atoms with Crippen LogP contribution in [-0.4, -0.2) is 34.8 Å². The summed E-state index contributed by atoms with van der Waals surface area (Å²) in [5, 5.41) is 15.0. The third kappa shape index (κ3) is 5.14. The number of anilines is 1. The molecule has 3 aromatic rings. The predicted molar refractivity (Wildman–Crippen MR) is 127 cm³/mol. The van der Waals surface area contributed by atoms with Gasteiger partial charge in [0.15, 0.2) is 11.5 Å². The van der Waals surface area contributed by atoms with E-state index in [0.29, 0.717) is 27.2 Å². The molecule has 172 valence electrons. The van der Waals surface area contributed by atoms with Gasteiger partial charge in [-0.25, -0.2) is 0 Å². The number of nitrogens with zero attached hydrogens (tertiary/aromatic N) is 2. The van der Waals surface area contributed by atoms with Crippen molar-refractivity contribution in [3.63, 3.8) is 0 Å². The van der Waals surface area contributed by atoms with Crippen LogP contribution in [-0.2, 0) is 11.2 Å². The highest BCUT2D eigenvalue weighted by molar-refractivity contribution is 7.18. The maximum absolute atomic E-state index is 13.1. The van der Waals surface area contributed by atoms with Crippen molar-refractivity contribution in [1.82, 2.24) is 15.5 Å². The molecule has 2 N–H and O–H groups in total. The second-order valence-electron chi connectivity index (χ2n) is 7.86. The third-order valence-corrected chi connectivity index (χ3v) is 6.57. The number of nitrogens with one attached hydrogen (secondary N) is 2. The lowest BCUT2D eigenvalue weighted by molar-refractivity contribution is -0.119. The van der Waals surface area contributed by atoms with E-state index in [1.807, 2.05) is 44.2 Å². The van der Waals surface area contributed by atoms with E-state index >= 15 is 0 Å². The minimum absolute atomic E-state index is 0.0647. The quantitative estimate of drug-likeness (QED) is 0.514. The number of benzene rings is 2. The van der Waals surface area contributed by atoms with Crippen molar-refractivity contribution in [3.8, 4) is 22.1 Å². The van der Waals surface area contributed by atoms with E-state index in [1.54, 1.807) is 12.1 Å². The van der Waals surface area contributed by atoms with Gasteiger partial charge in [-0.15, -0.1) is 10.2 Å². The molecule has 2 atom stereocenters. The second kappa shape index (κ2) is 9.99. The highest BCUT2D eigenvalue weighted by Crippen LogP contribution is 2.37. The summed E-state index contributed by atoms with van der Waals surface area (Å²) in [5.74, 6) is 0.672. The van der Waals surface area contributed by atoms with Crippen LogP contribution in [0, 0.1) is 5.92 Å². The van der Waals surface area contributed by atoms with Gasteiger partial charge >= 0.3 is 0 Å². The molecule has 0 bridgehead atoms. The molecule has 1 aromatic heterocycles. The van der Waals surface area contributed by atoms with Crippen molar-refractivity contribution in [2.24, 2.45) is 5.92 Å². The van der Waals surface area contributed by atoms with Gasteiger partial charge in [-0.1, -0.05) is 50.7 Å². The maximum Gasteiger partial charge on any atom is 0.251 e. The normalized spacial score (nSPS) is 13.9. The number of aryl methyl sites for hydroxylation is 1. The lowest BCUT2D eigenvalue weighted by Crippen LogP contribution is -2.47. The van der Waals surface area contributed by atoms with Crippen LogP contribution in [0.2, 0.25) is 0 Å². The van der Waals surface area contributed by atoms with Gasteiger partial charge in [0.05, 0.1) is 0 Å². The van der Waals surface area contributed by atoms with E-state index < -0.39 is 6.04 Å². The van der Waals surface area contributed by atoms with Gasteiger partial charge in [0.25, 0.3) is 5.91 Å². The minimum Gasteiger partial charge on any atom is -0.454 e. The third-order valence-electron chi connectivity index (χ3n) is 5.68. The number of hydrogen-bond donors (Lipinski definition) is 2. The first-order valence-electron chi connectivity index (χ1n) is 10.9. The molecule has 2 heterocycles. The molecular formula is C24H26N4O4S. The van der Waals surface area contributed by atoms with Crippen LogP contribution >= 0.6 is 11.3 Å². The van der Waals surface area contributed by atoms with Gasteiger partial charge in [0.2, 0.25) is 17.8 Å². The molecule has 0 aliphatic carbocycles. The fourth-order valence-electron chi connectivity index (χ4n) is 3.42. The van der Waals surface area contributed by atoms with Crippen molar-refractivity contribution < 1.29 is 19.1 Å². The minimum atomic E-state index is -0.703. The standard InChI is InChI=1S/C24H26N4O4S/c1-4-14(3)20(25-21(29)16-8-6-15(5-2)7-9-16)22(30)26-24-28-27-23(33-24)17-10-11-18-19(12-17)32-13-31-18/h6-12,14,20H,4-5,13H2,1-3H3,(H,25,29)(H,26,28,30)/t14-,20+/m0/s1. The lowest BCUT2D eigenvalue weighted by atomic mass is 9.98. The first kappa shape index (κ1) is 22.7. The molecule has 33 heavy (non-hydrogen) atoms. The number of amides is 2. The molecule has 2 amide bonds. The summed E-state index contributed by atoms with van der Waals surface area (Å²) in [6.45, 7) is 6.17. The summed E-state index contributed by atoms with van der Waals surface area (Å²) in [4.78, 5) is 25.8. The molecule has 0 saturated heterocycles. The van der Waals surface area contributed by atoms with E-state index in [4.69, 9.17) is 9.47 Å². The highest BCUT2D eigenvalue weighted by Gasteiger charge is 2.27. The predicted octanol–water partition coefficient (Wildman–Crippen LogP) is 4.28. The molecule has 8 nitrogen and oxygen atoms in total. The van der Waals surface area contributed by atoms with Gasteiger partial charge in [0, 0.05) is 11.1 Å². The first-order valence-corrected chi connectivity index (χ1v) is 11.7. The number of fused-ring (bicyclic) bond motifs is 1. The van der Waals surface area contributed by atoms with E-state index in [2.05, 4.69) is 27.8 Å². The Bertz CT molecular complexity index is 1150. The molecule has 0 spiro atoms. The molecule has 1 aliphatic rings. The fourth-order valence-corrected chi connectivity index (χ4v) is 4.16. The maximum atomic E-state index is 13.1. The Balaban J connectivity index is 1.45. The zero-order valence-electron chi connectivity index (χ0n) is 18.8. The summed E-state index contributed by atoms with van der Waals surface area (Å²) in [5.41, 5.74) is 2.49. The Morgan fingerprint density at radius 2 is 1.82 bits per heavy atom. The largest absolute Gasteiger partial charge is 0.454 e. The van der Waals surface area contributed by atoms with Crippen LogP contribution in [0.3, 0.4) is 0 Å². The highest BCUT2D eigenvalue weighted by atomic mass is 32.1. The molecule has 0 radical (unpaired) electrons. The van der Waals surface area contributed by atoms with Gasteiger partial charge < -0.3 is 14.8 Å². The number of rotatable bonds is 8. The van der Waals surface area contributed by atoms with E-state index in [0.717, 1.165) is 24.0 Å². The average molecular weight is 467 g/mol. The SMILES string of the molecule is CCc1ccc(C(=O)N[C@@H](C(=O)Nc2nnc(-c3ccc4c(c3)OCO4)s2)[C@@H](C)CC)cc1. The number of aromatic nitrogens is 2. The fraction of sp³-hybridized carbons (Fsp3) is 0.333. The molecule has 2 aromatic carbocycles. The Kier molecular flexibility index (Phi) is 6.88. The van der Waals surface area contributed by atoms with Crippen LogP contribution in [0.15, 0.2) is 42.5 Å². The number of carbonyl (C=O) groups excluding carboxylic acids is 2. The Labute approximate surface area is 196 Å². The average Bonchev–Trinajstić information content (AvgIpc) is 3.50. The van der Waals surface area contributed by atoms with E-state index in [1.165, 1.54) is 11.3 Å². The summed E-state index contributed by atoms with van der Waals surface area (Å²) in [6, 6.07) is 12.2. The lowest BCUT2D eigenvalue weighted by Gasteiger charge is -2.23. The Hall–Kier alpha value is -3.46. The van der Waals surface area contributed by atoms with Crippen molar-refractivity contribution in [3.05, 3.63) is 53.6 Å². The van der Waals surface area contributed by atoms with E-state index in [-0.39, 0.29) is 24.5 Å². The zero-order chi connectivity index (χ0) is 23.4. The number of hydrogen-bond acceptors (Lipinski definition) is 7. The Morgan fingerprint density at radius 1 is 1.06 bits per heavy atom. The topological polar surface area (TPSA) is 102 Å². The van der Waals surface area contributed by atoms with Gasteiger partial charge in [0.1, 0.15) is 11.0 Å². The van der Waals surface area contributed by atoms with Gasteiger partial charge in [-0.3, -0.25) is 14.9 Å². The number of ether oxygens (including phenoxy) is 2. The monoisotopic (exact) mass is 466 g/mol. The van der Waals surface area contributed by atoms with Gasteiger partial charge in [-0.05, 0) is 48.2 Å². The van der Waals surface area contributed by atoms with Gasteiger partial charge in [-0.2, -0.15) is 0 Å². The summed E-state index contributed by atoms with van der Waals surface area (Å²) in [6.07, 6.45) is 1.63. The molecular weight excluding hydrogens is 440 g/mol. The molecule has 0 fully saturated rings. The molecule has 0 saturated carbocycles. The van der Waals surface area contributed by atoms with Crippen molar-refractivity contribution in [2.75, 3.05) is 12.1 Å². The first-order chi connectivity index (χ1) is 16.0. The smallest absolute Gasteiger partial charge is 0.251 e. The number of carbonyl (C=O) groups is 2. The summed E-state index contributed by atoms with van der Waals surface area (Å²) in [7, 11) is 0. The van der Waals surface area contributed by atoms with Crippen LogP contribution in [0.25, 0.3) is 10.6 Å². The van der Waals surface area contributed by atoms with Crippen LogP contribution in [0.5, 0.6) is 11.5 Å². The van der Waals surface area contributed by atoms with E-state index in [9.17, 15) is 9.59 Å².